The molecule has 0 unspecified atom stereocenters. The van der Waals surface area contributed by atoms with Gasteiger partial charge in [-0.2, -0.15) is 5.26 Å². The lowest BCUT2D eigenvalue weighted by molar-refractivity contribution is -0.136. The highest BCUT2D eigenvalue weighted by Crippen LogP contribution is 2.18. The minimum atomic E-state index is -0.460. The molecule has 0 saturated heterocycles. The number of nitrogens with zero attached hydrogens (tertiary/aromatic N) is 1. The predicted molar refractivity (Wildman–Crippen MR) is 83.1 cm³/mol. The molecule has 0 N–H and O–H groups in total. The maximum Gasteiger partial charge on any atom is 0.337 e. The molecule has 0 spiro atoms. The summed E-state index contributed by atoms with van der Waals surface area (Å²) >= 11 is 0. The molecule has 0 fully saturated rings. The first-order valence-corrected chi connectivity index (χ1v) is 6.70. The van der Waals surface area contributed by atoms with Crippen LogP contribution in [-0.2, 0) is 9.53 Å². The van der Waals surface area contributed by atoms with E-state index in [-0.39, 0.29) is 6.61 Å². The highest BCUT2D eigenvalue weighted by atomic mass is 16.5. The van der Waals surface area contributed by atoms with Gasteiger partial charge in [-0.25, -0.2) is 4.79 Å². The topological polar surface area (TPSA) is 59.3 Å². The van der Waals surface area contributed by atoms with Gasteiger partial charge in [0, 0.05) is 0 Å². The van der Waals surface area contributed by atoms with Crippen LogP contribution in [0, 0.1) is 11.3 Å². The monoisotopic (exact) mass is 293 g/mol. The summed E-state index contributed by atoms with van der Waals surface area (Å²) in [4.78, 5) is 11.9. The van der Waals surface area contributed by atoms with Crippen LogP contribution in [0.4, 0.5) is 0 Å². The number of ether oxygens (including phenoxy) is 2. The second kappa shape index (κ2) is 7.65. The maximum atomic E-state index is 11.9. The number of rotatable bonds is 5. The van der Waals surface area contributed by atoms with Gasteiger partial charge in [-0.05, 0) is 23.8 Å². The Morgan fingerprint density at radius 1 is 1.14 bits per heavy atom. The number of nitriles is 1. The van der Waals surface area contributed by atoms with Crippen LogP contribution >= 0.6 is 0 Å². The van der Waals surface area contributed by atoms with Gasteiger partial charge in [0.2, 0.25) is 0 Å². The van der Waals surface area contributed by atoms with E-state index in [9.17, 15) is 4.79 Å². The molecule has 0 amide bonds. The van der Waals surface area contributed by atoms with Crippen molar-refractivity contribution >= 4 is 12.0 Å². The van der Waals surface area contributed by atoms with E-state index in [2.05, 4.69) is 6.07 Å². The van der Waals surface area contributed by atoms with Crippen LogP contribution in [0.2, 0.25) is 0 Å². The van der Waals surface area contributed by atoms with Crippen molar-refractivity contribution < 1.29 is 14.3 Å². The van der Waals surface area contributed by atoms with E-state index in [0.717, 1.165) is 5.56 Å². The number of esters is 1. The van der Waals surface area contributed by atoms with Gasteiger partial charge >= 0.3 is 5.97 Å². The van der Waals surface area contributed by atoms with E-state index in [0.29, 0.717) is 16.9 Å². The molecule has 4 nitrogen and oxygen atoms in total. The quantitative estimate of drug-likeness (QED) is 0.627. The van der Waals surface area contributed by atoms with E-state index in [1.807, 2.05) is 30.3 Å². The summed E-state index contributed by atoms with van der Waals surface area (Å²) in [5.74, 6) is -0.0221. The number of carbonyl (C=O) groups excluding carboxylic acids is 1. The van der Waals surface area contributed by atoms with E-state index in [4.69, 9.17) is 14.7 Å². The Hall–Kier alpha value is -3.06. The molecule has 2 aromatic carbocycles. The summed E-state index contributed by atoms with van der Waals surface area (Å²) in [7, 11) is 1.32. The summed E-state index contributed by atoms with van der Waals surface area (Å²) in [5.41, 5.74) is 1.67. The Bertz CT molecular complexity index is 715. The van der Waals surface area contributed by atoms with Crippen LogP contribution in [0.1, 0.15) is 11.1 Å². The van der Waals surface area contributed by atoms with E-state index in [1.54, 1.807) is 30.3 Å². The van der Waals surface area contributed by atoms with E-state index in [1.165, 1.54) is 7.11 Å². The molecular weight excluding hydrogens is 278 g/mol. The largest absolute Gasteiger partial charge is 0.487 e. The Balaban J connectivity index is 2.20. The average Bonchev–Trinajstić information content (AvgIpc) is 2.59. The molecule has 110 valence electrons. The van der Waals surface area contributed by atoms with Gasteiger partial charge in [0.25, 0.3) is 0 Å². The zero-order chi connectivity index (χ0) is 15.8. The van der Waals surface area contributed by atoms with Crippen molar-refractivity contribution in [2.24, 2.45) is 0 Å². The minimum Gasteiger partial charge on any atom is -0.487 e. The van der Waals surface area contributed by atoms with Crippen molar-refractivity contribution in [3.8, 4) is 11.8 Å². The maximum absolute atomic E-state index is 11.9. The van der Waals surface area contributed by atoms with Crippen molar-refractivity contribution in [2.75, 3.05) is 13.7 Å². The lowest BCUT2D eigenvalue weighted by Gasteiger charge is -2.09. The van der Waals surface area contributed by atoms with Crippen LogP contribution in [0.5, 0.6) is 5.75 Å². The molecule has 4 heteroatoms. The van der Waals surface area contributed by atoms with Crippen molar-refractivity contribution in [1.29, 1.82) is 5.26 Å². The van der Waals surface area contributed by atoms with E-state index >= 15 is 0 Å². The van der Waals surface area contributed by atoms with Crippen molar-refractivity contribution in [2.45, 2.75) is 0 Å². The third-order valence-corrected chi connectivity index (χ3v) is 2.98. The highest BCUT2D eigenvalue weighted by molar-refractivity contribution is 5.93. The number of carbonyl (C=O) groups is 1. The second-order valence-electron chi connectivity index (χ2n) is 4.47. The van der Waals surface area contributed by atoms with Gasteiger partial charge in [-0.1, -0.05) is 42.5 Å². The van der Waals surface area contributed by atoms with Gasteiger partial charge in [-0.3, -0.25) is 0 Å². The van der Waals surface area contributed by atoms with Gasteiger partial charge in [0.15, 0.2) is 0 Å². The van der Waals surface area contributed by atoms with Crippen LogP contribution in [0.15, 0.2) is 60.2 Å². The Labute approximate surface area is 129 Å². The Morgan fingerprint density at radius 2 is 1.82 bits per heavy atom. The van der Waals surface area contributed by atoms with Crippen LogP contribution < -0.4 is 4.74 Å². The average molecular weight is 293 g/mol. The predicted octanol–water partition coefficient (Wildman–Crippen LogP) is 3.19. The summed E-state index contributed by atoms with van der Waals surface area (Å²) in [6.45, 7) is 0.0280. The molecule has 22 heavy (non-hydrogen) atoms. The molecule has 0 aliphatic rings. The number of para-hydroxylation sites is 1. The SMILES string of the molecule is COC(=O)/C(=C/c1ccccc1)COc1ccccc1C#N. The normalized spacial score (nSPS) is 10.6. The molecule has 2 aromatic rings. The smallest absolute Gasteiger partial charge is 0.337 e. The number of benzene rings is 2. The molecule has 0 aliphatic heterocycles. The van der Waals surface area contributed by atoms with Crippen LogP contribution in [0.3, 0.4) is 0 Å². The Kier molecular flexibility index (Phi) is 5.33. The summed E-state index contributed by atoms with van der Waals surface area (Å²) in [5, 5.41) is 9.04. The third kappa shape index (κ3) is 3.97. The molecule has 0 aromatic heterocycles. The molecule has 0 aliphatic carbocycles. The van der Waals surface area contributed by atoms with Crippen molar-refractivity contribution in [3.63, 3.8) is 0 Å². The van der Waals surface area contributed by atoms with Gasteiger partial charge in [-0.15, -0.1) is 0 Å². The standard InChI is InChI=1S/C18H15NO3/c1-21-18(20)16(11-14-7-3-2-4-8-14)13-22-17-10-6-5-9-15(17)12-19/h2-11H,13H2,1H3/b16-11+. The highest BCUT2D eigenvalue weighted by Gasteiger charge is 2.12. The number of hydrogen-bond donors (Lipinski definition) is 0. The molecule has 2 rings (SSSR count). The van der Waals surface area contributed by atoms with Gasteiger partial charge < -0.3 is 9.47 Å². The zero-order valence-electron chi connectivity index (χ0n) is 12.2. The number of methoxy groups -OCH3 is 1. The second-order valence-corrected chi connectivity index (χ2v) is 4.47. The zero-order valence-corrected chi connectivity index (χ0v) is 12.2. The first-order valence-electron chi connectivity index (χ1n) is 6.70. The molecule has 0 saturated carbocycles. The minimum absolute atomic E-state index is 0.0280. The lowest BCUT2D eigenvalue weighted by Crippen LogP contribution is -2.13. The van der Waals surface area contributed by atoms with Gasteiger partial charge in [0.1, 0.15) is 18.4 Å². The third-order valence-electron chi connectivity index (χ3n) is 2.98. The molecule has 0 heterocycles. The summed E-state index contributed by atoms with van der Waals surface area (Å²) < 4.78 is 10.4. The number of hydrogen-bond acceptors (Lipinski definition) is 4. The molecule has 0 radical (unpaired) electrons. The van der Waals surface area contributed by atoms with Crippen LogP contribution in [-0.4, -0.2) is 19.7 Å². The first-order chi connectivity index (χ1) is 10.7. The Morgan fingerprint density at radius 3 is 2.50 bits per heavy atom. The van der Waals surface area contributed by atoms with Crippen LogP contribution in [0.25, 0.3) is 6.08 Å². The fourth-order valence-electron chi connectivity index (χ4n) is 1.88. The fraction of sp³-hybridized carbons (Fsp3) is 0.111. The molecule has 0 bridgehead atoms. The summed E-state index contributed by atoms with van der Waals surface area (Å²) in [6.07, 6.45) is 1.71. The fourth-order valence-corrected chi connectivity index (χ4v) is 1.88. The van der Waals surface area contributed by atoms with Crippen molar-refractivity contribution in [1.82, 2.24) is 0 Å². The lowest BCUT2D eigenvalue weighted by atomic mass is 10.1. The molecule has 0 atom stereocenters. The first kappa shape index (κ1) is 15.3. The molecular formula is C18H15NO3. The van der Waals surface area contributed by atoms with Gasteiger partial charge in [0.05, 0.1) is 18.2 Å². The van der Waals surface area contributed by atoms with Crippen molar-refractivity contribution in [3.05, 3.63) is 71.3 Å². The van der Waals surface area contributed by atoms with E-state index < -0.39 is 5.97 Å². The summed E-state index contributed by atoms with van der Waals surface area (Å²) in [6, 6.07) is 18.4.